The van der Waals surface area contributed by atoms with Gasteiger partial charge in [0.25, 0.3) is 0 Å². The van der Waals surface area contributed by atoms with Crippen molar-refractivity contribution in [2.75, 3.05) is 13.6 Å². The smallest absolute Gasteiger partial charge is 0.0231 e. The number of likely N-dealkylation sites (N-methyl/N-ethyl adjacent to an activating group) is 1. The molecule has 1 unspecified atom stereocenters. The maximum Gasteiger partial charge on any atom is 0.0231 e. The molecule has 0 bridgehead atoms. The SMILES string of the molecule is CCc1ccc(CN(C)CC(C)N)cc1. The summed E-state index contributed by atoms with van der Waals surface area (Å²) in [6.45, 7) is 6.13. The van der Waals surface area contributed by atoms with Crippen LogP contribution < -0.4 is 5.73 Å². The lowest BCUT2D eigenvalue weighted by Crippen LogP contribution is -2.32. The highest BCUT2D eigenvalue weighted by Gasteiger charge is 2.02. The summed E-state index contributed by atoms with van der Waals surface area (Å²) in [5, 5.41) is 0. The quantitative estimate of drug-likeness (QED) is 0.798. The van der Waals surface area contributed by atoms with E-state index in [1.165, 1.54) is 11.1 Å². The fraction of sp³-hybridized carbons (Fsp3) is 0.538. The Bertz CT molecular complexity index is 277. The van der Waals surface area contributed by atoms with Crippen LogP contribution in [0.2, 0.25) is 0 Å². The van der Waals surface area contributed by atoms with Crippen LogP contribution in [0.4, 0.5) is 0 Å². The van der Waals surface area contributed by atoms with Gasteiger partial charge in [-0.3, -0.25) is 0 Å². The number of benzene rings is 1. The molecule has 1 rings (SSSR count). The Labute approximate surface area is 93.1 Å². The van der Waals surface area contributed by atoms with Crippen molar-refractivity contribution in [2.45, 2.75) is 32.9 Å². The molecule has 1 aromatic carbocycles. The van der Waals surface area contributed by atoms with E-state index in [-0.39, 0.29) is 6.04 Å². The summed E-state index contributed by atoms with van der Waals surface area (Å²) in [5.74, 6) is 0. The molecule has 0 aliphatic carbocycles. The molecule has 2 heteroatoms. The van der Waals surface area contributed by atoms with Gasteiger partial charge in [-0.05, 0) is 31.5 Å². The maximum absolute atomic E-state index is 5.75. The van der Waals surface area contributed by atoms with Gasteiger partial charge in [0.1, 0.15) is 0 Å². The van der Waals surface area contributed by atoms with Crippen LogP contribution in [0.3, 0.4) is 0 Å². The van der Waals surface area contributed by atoms with Crippen molar-refractivity contribution in [3.8, 4) is 0 Å². The summed E-state index contributed by atoms with van der Waals surface area (Å²) in [5.41, 5.74) is 8.50. The second kappa shape index (κ2) is 5.89. The van der Waals surface area contributed by atoms with E-state index in [9.17, 15) is 0 Å². The molecule has 1 atom stereocenters. The third-order valence-corrected chi connectivity index (χ3v) is 2.48. The minimum atomic E-state index is 0.241. The average molecular weight is 206 g/mol. The zero-order valence-electron chi connectivity index (χ0n) is 10.0. The van der Waals surface area contributed by atoms with E-state index >= 15 is 0 Å². The van der Waals surface area contributed by atoms with Crippen molar-refractivity contribution >= 4 is 0 Å². The molecule has 0 aliphatic heterocycles. The predicted molar refractivity (Wildman–Crippen MR) is 65.8 cm³/mol. The highest BCUT2D eigenvalue weighted by molar-refractivity contribution is 5.22. The molecule has 0 heterocycles. The van der Waals surface area contributed by atoms with E-state index in [1.54, 1.807) is 0 Å². The summed E-state index contributed by atoms with van der Waals surface area (Å²) < 4.78 is 0. The van der Waals surface area contributed by atoms with Crippen LogP contribution >= 0.6 is 0 Å². The third kappa shape index (κ3) is 4.45. The van der Waals surface area contributed by atoms with Crippen molar-refractivity contribution in [1.29, 1.82) is 0 Å². The predicted octanol–water partition coefficient (Wildman–Crippen LogP) is 2.03. The van der Waals surface area contributed by atoms with Gasteiger partial charge in [0.2, 0.25) is 0 Å². The van der Waals surface area contributed by atoms with E-state index in [4.69, 9.17) is 5.73 Å². The van der Waals surface area contributed by atoms with Gasteiger partial charge in [-0.2, -0.15) is 0 Å². The topological polar surface area (TPSA) is 29.3 Å². The Morgan fingerprint density at radius 1 is 1.20 bits per heavy atom. The first kappa shape index (κ1) is 12.2. The lowest BCUT2D eigenvalue weighted by molar-refractivity contribution is 0.310. The van der Waals surface area contributed by atoms with Crippen molar-refractivity contribution < 1.29 is 0 Å². The lowest BCUT2D eigenvalue weighted by atomic mass is 10.1. The van der Waals surface area contributed by atoms with Crippen molar-refractivity contribution in [3.63, 3.8) is 0 Å². The van der Waals surface area contributed by atoms with Gasteiger partial charge in [-0.25, -0.2) is 0 Å². The Balaban J connectivity index is 2.49. The fourth-order valence-corrected chi connectivity index (χ4v) is 1.75. The van der Waals surface area contributed by atoms with Crippen LogP contribution in [0.25, 0.3) is 0 Å². The Morgan fingerprint density at radius 2 is 1.73 bits per heavy atom. The first-order valence-corrected chi connectivity index (χ1v) is 5.63. The molecular weight excluding hydrogens is 184 g/mol. The molecule has 84 valence electrons. The molecule has 0 fully saturated rings. The average Bonchev–Trinajstić information content (AvgIpc) is 2.17. The fourth-order valence-electron chi connectivity index (χ4n) is 1.75. The standard InChI is InChI=1S/C13H22N2/c1-4-12-5-7-13(8-6-12)10-15(3)9-11(2)14/h5-8,11H,4,9-10,14H2,1-3H3. The molecule has 0 amide bonds. The lowest BCUT2D eigenvalue weighted by Gasteiger charge is -2.18. The normalized spacial score (nSPS) is 13.1. The molecule has 0 aromatic heterocycles. The molecule has 0 aliphatic rings. The zero-order chi connectivity index (χ0) is 11.3. The molecule has 2 N–H and O–H groups in total. The van der Waals surface area contributed by atoms with Crippen LogP contribution in [-0.4, -0.2) is 24.5 Å². The van der Waals surface area contributed by atoms with E-state index < -0.39 is 0 Å². The highest BCUT2D eigenvalue weighted by Crippen LogP contribution is 2.07. The van der Waals surface area contributed by atoms with Gasteiger partial charge in [-0.15, -0.1) is 0 Å². The van der Waals surface area contributed by atoms with Gasteiger partial charge >= 0.3 is 0 Å². The number of hydrogen-bond acceptors (Lipinski definition) is 2. The van der Waals surface area contributed by atoms with Crippen LogP contribution in [-0.2, 0) is 13.0 Å². The first-order valence-electron chi connectivity index (χ1n) is 5.63. The summed E-state index contributed by atoms with van der Waals surface area (Å²) >= 11 is 0. The minimum absolute atomic E-state index is 0.241. The molecule has 0 saturated carbocycles. The highest BCUT2D eigenvalue weighted by atomic mass is 15.1. The van der Waals surface area contributed by atoms with Gasteiger partial charge in [0.05, 0.1) is 0 Å². The van der Waals surface area contributed by atoms with Crippen molar-refractivity contribution in [3.05, 3.63) is 35.4 Å². The van der Waals surface area contributed by atoms with Gasteiger partial charge in [-0.1, -0.05) is 31.2 Å². The molecule has 0 spiro atoms. The largest absolute Gasteiger partial charge is 0.327 e. The van der Waals surface area contributed by atoms with Crippen LogP contribution in [0, 0.1) is 0 Å². The monoisotopic (exact) mass is 206 g/mol. The Hall–Kier alpha value is -0.860. The van der Waals surface area contributed by atoms with E-state index in [1.807, 2.05) is 6.92 Å². The van der Waals surface area contributed by atoms with E-state index in [0.717, 1.165) is 19.5 Å². The molecular formula is C13H22N2. The molecule has 15 heavy (non-hydrogen) atoms. The zero-order valence-corrected chi connectivity index (χ0v) is 10.0. The maximum atomic E-state index is 5.75. The van der Waals surface area contributed by atoms with Gasteiger partial charge in [0, 0.05) is 19.1 Å². The van der Waals surface area contributed by atoms with Crippen LogP contribution in [0.15, 0.2) is 24.3 Å². The Morgan fingerprint density at radius 3 is 2.20 bits per heavy atom. The molecule has 0 radical (unpaired) electrons. The molecule has 0 saturated heterocycles. The van der Waals surface area contributed by atoms with Crippen molar-refractivity contribution in [2.24, 2.45) is 5.73 Å². The summed E-state index contributed by atoms with van der Waals surface area (Å²) in [4.78, 5) is 2.26. The number of hydrogen-bond donors (Lipinski definition) is 1. The van der Waals surface area contributed by atoms with E-state index in [0.29, 0.717) is 0 Å². The van der Waals surface area contributed by atoms with Crippen molar-refractivity contribution in [1.82, 2.24) is 4.90 Å². The Kier molecular flexibility index (Phi) is 4.79. The third-order valence-electron chi connectivity index (χ3n) is 2.48. The van der Waals surface area contributed by atoms with Crippen LogP contribution in [0.5, 0.6) is 0 Å². The number of aryl methyl sites for hydroxylation is 1. The number of nitrogens with zero attached hydrogens (tertiary/aromatic N) is 1. The summed E-state index contributed by atoms with van der Waals surface area (Å²) in [6, 6.07) is 9.06. The number of nitrogens with two attached hydrogens (primary N) is 1. The van der Waals surface area contributed by atoms with Gasteiger partial charge in [0.15, 0.2) is 0 Å². The second-order valence-corrected chi connectivity index (χ2v) is 4.34. The second-order valence-electron chi connectivity index (χ2n) is 4.34. The van der Waals surface area contributed by atoms with Gasteiger partial charge < -0.3 is 10.6 Å². The summed E-state index contributed by atoms with van der Waals surface area (Å²) in [7, 11) is 2.11. The molecule has 1 aromatic rings. The first-order chi connectivity index (χ1) is 7.11. The number of rotatable bonds is 5. The van der Waals surface area contributed by atoms with Crippen LogP contribution in [0.1, 0.15) is 25.0 Å². The van der Waals surface area contributed by atoms with E-state index in [2.05, 4.69) is 43.1 Å². The summed E-state index contributed by atoms with van der Waals surface area (Å²) in [6.07, 6.45) is 1.11. The minimum Gasteiger partial charge on any atom is -0.327 e. The molecule has 2 nitrogen and oxygen atoms in total.